The number of nitrogens with two attached hydrogens (primary N) is 1. The van der Waals surface area contributed by atoms with Crippen LogP contribution in [0.1, 0.15) is 46.0 Å². The number of carbonyl (C=O) groups is 1. The van der Waals surface area contributed by atoms with Crippen molar-refractivity contribution < 1.29 is 10.0 Å². The van der Waals surface area contributed by atoms with Crippen molar-refractivity contribution in [2.45, 2.75) is 46.0 Å². The van der Waals surface area contributed by atoms with E-state index in [-0.39, 0.29) is 17.3 Å². The Bertz CT molecular complexity index is 371. The summed E-state index contributed by atoms with van der Waals surface area (Å²) in [6.07, 6.45) is 4.92. The van der Waals surface area contributed by atoms with E-state index in [9.17, 15) is 4.79 Å². The zero-order valence-corrected chi connectivity index (χ0v) is 11.9. The maximum atomic E-state index is 12.6. The van der Waals surface area contributed by atoms with Gasteiger partial charge < -0.3 is 15.8 Å². The highest BCUT2D eigenvalue weighted by molar-refractivity contribution is 5.83. The topological polar surface area (TPSA) is 78.9 Å². The van der Waals surface area contributed by atoms with Crippen LogP contribution >= 0.6 is 0 Å². The maximum absolute atomic E-state index is 12.6. The molecule has 5 nitrogen and oxygen atoms in total. The van der Waals surface area contributed by atoms with Gasteiger partial charge in [-0.25, -0.2) is 0 Å². The fourth-order valence-corrected chi connectivity index (χ4v) is 3.48. The number of nitrogens with zero attached hydrogens (tertiary/aromatic N) is 2. The lowest BCUT2D eigenvalue weighted by molar-refractivity contribution is -0.139. The fraction of sp³-hybridized carbons (Fsp3) is 0.857. The molecule has 3 N–H and O–H groups in total. The van der Waals surface area contributed by atoms with Crippen molar-refractivity contribution in [2.24, 2.45) is 28.1 Å². The maximum Gasteiger partial charge on any atom is 0.226 e. The molecule has 0 bridgehead atoms. The van der Waals surface area contributed by atoms with Gasteiger partial charge in [0.1, 0.15) is 5.84 Å². The minimum Gasteiger partial charge on any atom is -0.409 e. The molecule has 1 aliphatic carbocycles. The molecule has 0 spiro atoms. The second-order valence-electron chi connectivity index (χ2n) is 6.56. The quantitative estimate of drug-likeness (QED) is 0.346. The molecule has 1 aliphatic heterocycles. The molecular weight excluding hydrogens is 242 g/mol. The van der Waals surface area contributed by atoms with E-state index in [1.165, 1.54) is 0 Å². The van der Waals surface area contributed by atoms with Crippen LogP contribution in [-0.4, -0.2) is 34.9 Å². The molecule has 0 aromatic carbocycles. The van der Waals surface area contributed by atoms with Gasteiger partial charge in [0.2, 0.25) is 5.91 Å². The second-order valence-corrected chi connectivity index (χ2v) is 6.56. The molecule has 2 rings (SSSR count). The third-order valence-electron chi connectivity index (χ3n) is 4.90. The van der Waals surface area contributed by atoms with E-state index in [0.29, 0.717) is 11.7 Å². The SMILES string of the molecule is CC1(C)CCCC1C(=O)N1CCC(C(N)=NO)CC1. The third kappa shape index (κ3) is 2.85. The molecule has 2 aliphatic rings. The van der Waals surface area contributed by atoms with Gasteiger partial charge in [-0.15, -0.1) is 0 Å². The van der Waals surface area contributed by atoms with Crippen molar-refractivity contribution in [2.75, 3.05) is 13.1 Å². The van der Waals surface area contributed by atoms with Gasteiger partial charge in [-0.1, -0.05) is 25.4 Å². The molecule has 108 valence electrons. The summed E-state index contributed by atoms with van der Waals surface area (Å²) >= 11 is 0. The summed E-state index contributed by atoms with van der Waals surface area (Å²) in [5, 5.41) is 11.8. The van der Waals surface area contributed by atoms with E-state index >= 15 is 0 Å². The predicted octanol–water partition coefficient (Wildman–Crippen LogP) is 1.80. The fourth-order valence-electron chi connectivity index (χ4n) is 3.48. The summed E-state index contributed by atoms with van der Waals surface area (Å²) < 4.78 is 0. The Balaban J connectivity index is 1.93. The smallest absolute Gasteiger partial charge is 0.226 e. The molecule has 1 atom stereocenters. The van der Waals surface area contributed by atoms with Crippen LogP contribution in [0.3, 0.4) is 0 Å². The van der Waals surface area contributed by atoms with E-state index in [0.717, 1.165) is 45.2 Å². The minimum atomic E-state index is 0.116. The van der Waals surface area contributed by atoms with Gasteiger partial charge in [0.25, 0.3) is 0 Å². The summed E-state index contributed by atoms with van der Waals surface area (Å²) in [5.41, 5.74) is 5.77. The van der Waals surface area contributed by atoms with Gasteiger partial charge in [-0.05, 0) is 31.1 Å². The minimum absolute atomic E-state index is 0.116. The molecule has 2 fully saturated rings. The van der Waals surface area contributed by atoms with Gasteiger partial charge in [-0.3, -0.25) is 4.79 Å². The number of amidine groups is 1. The van der Waals surface area contributed by atoms with Gasteiger partial charge in [0.15, 0.2) is 0 Å². The van der Waals surface area contributed by atoms with Crippen LogP contribution in [-0.2, 0) is 4.79 Å². The van der Waals surface area contributed by atoms with Crippen molar-refractivity contribution in [3.05, 3.63) is 0 Å². The average molecular weight is 267 g/mol. The molecule has 1 saturated heterocycles. The Kier molecular flexibility index (Phi) is 4.02. The van der Waals surface area contributed by atoms with E-state index in [4.69, 9.17) is 10.9 Å². The van der Waals surface area contributed by atoms with E-state index in [1.54, 1.807) is 0 Å². The lowest BCUT2D eigenvalue weighted by Crippen LogP contribution is -2.46. The summed E-state index contributed by atoms with van der Waals surface area (Å²) in [4.78, 5) is 14.5. The van der Waals surface area contributed by atoms with Crippen LogP contribution in [0.2, 0.25) is 0 Å². The van der Waals surface area contributed by atoms with Crippen LogP contribution in [0.4, 0.5) is 0 Å². The number of rotatable bonds is 2. The molecule has 1 heterocycles. The van der Waals surface area contributed by atoms with Crippen molar-refractivity contribution in [1.82, 2.24) is 4.90 Å². The Labute approximate surface area is 114 Å². The number of likely N-dealkylation sites (tertiary alicyclic amines) is 1. The summed E-state index contributed by atoms with van der Waals surface area (Å²) in [7, 11) is 0. The van der Waals surface area contributed by atoms with E-state index in [1.807, 2.05) is 4.90 Å². The van der Waals surface area contributed by atoms with Crippen LogP contribution in [0, 0.1) is 17.3 Å². The number of amides is 1. The molecule has 1 saturated carbocycles. The van der Waals surface area contributed by atoms with E-state index in [2.05, 4.69) is 19.0 Å². The highest BCUT2D eigenvalue weighted by Gasteiger charge is 2.41. The van der Waals surface area contributed by atoms with Gasteiger partial charge in [0, 0.05) is 24.9 Å². The first-order valence-corrected chi connectivity index (χ1v) is 7.22. The highest BCUT2D eigenvalue weighted by Crippen LogP contribution is 2.43. The Hall–Kier alpha value is -1.26. The summed E-state index contributed by atoms with van der Waals surface area (Å²) in [6.45, 7) is 5.86. The first-order chi connectivity index (χ1) is 8.95. The number of oxime groups is 1. The molecule has 0 radical (unpaired) electrons. The standard InChI is InChI=1S/C14H25N3O2/c1-14(2)7-3-4-11(14)13(18)17-8-5-10(6-9-17)12(15)16-19/h10-11,19H,3-9H2,1-2H3,(H2,15,16). The first kappa shape index (κ1) is 14.2. The largest absolute Gasteiger partial charge is 0.409 e. The molecular formula is C14H25N3O2. The lowest BCUT2D eigenvalue weighted by atomic mass is 9.80. The van der Waals surface area contributed by atoms with Crippen molar-refractivity contribution >= 4 is 11.7 Å². The molecule has 5 heteroatoms. The Morgan fingerprint density at radius 3 is 2.42 bits per heavy atom. The summed E-state index contributed by atoms with van der Waals surface area (Å²) in [6, 6.07) is 0. The third-order valence-corrected chi connectivity index (χ3v) is 4.90. The molecule has 0 aromatic rings. The second kappa shape index (κ2) is 5.39. The van der Waals surface area contributed by atoms with Gasteiger partial charge >= 0.3 is 0 Å². The first-order valence-electron chi connectivity index (χ1n) is 7.22. The van der Waals surface area contributed by atoms with Crippen molar-refractivity contribution in [3.8, 4) is 0 Å². The Morgan fingerprint density at radius 2 is 1.95 bits per heavy atom. The molecule has 19 heavy (non-hydrogen) atoms. The number of hydrogen-bond acceptors (Lipinski definition) is 3. The molecule has 1 amide bonds. The lowest BCUT2D eigenvalue weighted by Gasteiger charge is -2.36. The average Bonchev–Trinajstić information content (AvgIpc) is 2.77. The van der Waals surface area contributed by atoms with Crippen LogP contribution in [0.15, 0.2) is 5.16 Å². The molecule has 0 aromatic heterocycles. The van der Waals surface area contributed by atoms with Crippen LogP contribution in [0.25, 0.3) is 0 Å². The molecule has 1 unspecified atom stereocenters. The summed E-state index contributed by atoms with van der Waals surface area (Å²) in [5.74, 6) is 0.896. The number of carbonyl (C=O) groups excluding carboxylic acids is 1. The van der Waals surface area contributed by atoms with Gasteiger partial charge in [0.05, 0.1) is 0 Å². The van der Waals surface area contributed by atoms with Crippen LogP contribution in [0.5, 0.6) is 0 Å². The zero-order chi connectivity index (χ0) is 14.0. The Morgan fingerprint density at radius 1 is 1.32 bits per heavy atom. The monoisotopic (exact) mass is 267 g/mol. The highest BCUT2D eigenvalue weighted by atomic mass is 16.4. The number of piperidine rings is 1. The van der Waals surface area contributed by atoms with Crippen molar-refractivity contribution in [1.29, 1.82) is 0 Å². The van der Waals surface area contributed by atoms with Crippen LogP contribution < -0.4 is 5.73 Å². The number of hydrogen-bond donors (Lipinski definition) is 2. The van der Waals surface area contributed by atoms with E-state index < -0.39 is 0 Å². The van der Waals surface area contributed by atoms with Crippen molar-refractivity contribution in [3.63, 3.8) is 0 Å². The predicted molar refractivity (Wildman–Crippen MR) is 73.8 cm³/mol. The zero-order valence-electron chi connectivity index (χ0n) is 11.9. The normalized spacial score (nSPS) is 28.6. The van der Waals surface area contributed by atoms with Gasteiger partial charge in [-0.2, -0.15) is 0 Å².